The molecule has 7 nitrogen and oxygen atoms in total. The molecule has 0 spiro atoms. The van der Waals surface area contributed by atoms with Gasteiger partial charge in [-0.15, -0.1) is 0 Å². The molecule has 1 aromatic rings. The van der Waals surface area contributed by atoms with Crippen LogP contribution in [0.3, 0.4) is 0 Å². The van der Waals surface area contributed by atoms with Crippen molar-refractivity contribution < 1.29 is 23.5 Å². The predicted octanol–water partition coefficient (Wildman–Crippen LogP) is 2.25. The quantitative estimate of drug-likeness (QED) is 0.777. The molecule has 0 aliphatic carbocycles. The zero-order chi connectivity index (χ0) is 18.9. The van der Waals surface area contributed by atoms with Gasteiger partial charge in [0.05, 0.1) is 31.1 Å². The average Bonchev–Trinajstić information content (AvgIpc) is 3.01. The van der Waals surface area contributed by atoms with Crippen LogP contribution in [0.4, 0.5) is 20.6 Å². The highest BCUT2D eigenvalue weighted by Crippen LogP contribution is 2.32. The van der Waals surface area contributed by atoms with Crippen molar-refractivity contribution in [3.63, 3.8) is 0 Å². The minimum Gasteiger partial charge on any atom is -0.423 e. The minimum absolute atomic E-state index is 0.0429. The number of ether oxygens (including phenoxy) is 2. The molecule has 2 saturated heterocycles. The van der Waals surface area contributed by atoms with E-state index in [0.717, 1.165) is 4.90 Å². The number of alkyl carbamates (subject to hydrolysis) is 1. The number of halogens is 3. The van der Waals surface area contributed by atoms with E-state index in [1.54, 1.807) is 12.1 Å². The first-order valence-corrected chi connectivity index (χ1v) is 8.81. The van der Waals surface area contributed by atoms with Gasteiger partial charge < -0.3 is 19.7 Å². The molecule has 1 N–H and O–H groups in total. The van der Waals surface area contributed by atoms with E-state index in [9.17, 15) is 14.0 Å². The SMILES string of the molecule is CC(Cl)(Cl)C(=O)N(c1ccc(N2CCOCC2)c(F)c1)C1CNC(=O)O1. The molecule has 1 aromatic carbocycles. The van der Waals surface area contributed by atoms with Crippen LogP contribution in [0, 0.1) is 5.82 Å². The summed E-state index contributed by atoms with van der Waals surface area (Å²) >= 11 is 11.9. The summed E-state index contributed by atoms with van der Waals surface area (Å²) in [4.78, 5) is 27.0. The van der Waals surface area contributed by atoms with E-state index in [0.29, 0.717) is 32.0 Å². The van der Waals surface area contributed by atoms with Crippen LogP contribution in [0.15, 0.2) is 18.2 Å². The zero-order valence-electron chi connectivity index (χ0n) is 14.0. The molecule has 10 heteroatoms. The molecule has 0 radical (unpaired) electrons. The lowest BCUT2D eigenvalue weighted by Crippen LogP contribution is -2.48. The Bertz CT molecular complexity index is 707. The van der Waals surface area contributed by atoms with Gasteiger partial charge in [0.1, 0.15) is 5.82 Å². The van der Waals surface area contributed by atoms with Gasteiger partial charge in [-0.2, -0.15) is 0 Å². The van der Waals surface area contributed by atoms with E-state index < -0.39 is 28.4 Å². The molecule has 2 amide bonds. The largest absolute Gasteiger partial charge is 0.423 e. The van der Waals surface area contributed by atoms with Gasteiger partial charge in [-0.1, -0.05) is 23.2 Å². The molecular weight excluding hydrogens is 388 g/mol. The number of alkyl halides is 2. The molecule has 1 atom stereocenters. The maximum Gasteiger partial charge on any atom is 0.409 e. The molecule has 2 heterocycles. The van der Waals surface area contributed by atoms with Crippen LogP contribution in [0.2, 0.25) is 0 Å². The molecule has 2 aliphatic rings. The van der Waals surface area contributed by atoms with Crippen molar-refractivity contribution in [3.05, 3.63) is 24.0 Å². The van der Waals surface area contributed by atoms with Gasteiger partial charge in [0.2, 0.25) is 6.23 Å². The summed E-state index contributed by atoms with van der Waals surface area (Å²) in [6.07, 6.45) is -1.65. The summed E-state index contributed by atoms with van der Waals surface area (Å²) in [7, 11) is 0. The molecule has 26 heavy (non-hydrogen) atoms. The van der Waals surface area contributed by atoms with Crippen molar-refractivity contribution in [1.82, 2.24) is 5.32 Å². The van der Waals surface area contributed by atoms with Crippen molar-refractivity contribution in [2.45, 2.75) is 17.5 Å². The fourth-order valence-corrected chi connectivity index (χ4v) is 3.04. The van der Waals surface area contributed by atoms with E-state index in [2.05, 4.69) is 5.32 Å². The van der Waals surface area contributed by atoms with Crippen molar-refractivity contribution in [1.29, 1.82) is 0 Å². The third-order valence-corrected chi connectivity index (χ3v) is 4.43. The van der Waals surface area contributed by atoms with Gasteiger partial charge in [0, 0.05) is 13.1 Å². The maximum absolute atomic E-state index is 14.7. The van der Waals surface area contributed by atoms with Gasteiger partial charge in [-0.3, -0.25) is 9.69 Å². The summed E-state index contributed by atoms with van der Waals surface area (Å²) in [5.41, 5.74) is 0.601. The molecule has 0 bridgehead atoms. The summed E-state index contributed by atoms with van der Waals surface area (Å²) in [6, 6.07) is 4.34. The number of carbonyl (C=O) groups excluding carboxylic acids is 2. The summed E-state index contributed by atoms with van der Waals surface area (Å²) in [5.74, 6) is -1.23. The van der Waals surface area contributed by atoms with Crippen LogP contribution in [0.25, 0.3) is 0 Å². The molecule has 2 aliphatic heterocycles. The van der Waals surface area contributed by atoms with Crippen molar-refractivity contribution >= 4 is 46.6 Å². The third kappa shape index (κ3) is 3.97. The Balaban J connectivity index is 1.92. The van der Waals surface area contributed by atoms with Gasteiger partial charge >= 0.3 is 6.09 Å². The Morgan fingerprint density at radius 2 is 2.08 bits per heavy atom. The zero-order valence-corrected chi connectivity index (χ0v) is 15.5. The van der Waals surface area contributed by atoms with Gasteiger partial charge in [0.15, 0.2) is 4.33 Å². The van der Waals surface area contributed by atoms with Crippen LogP contribution >= 0.6 is 23.2 Å². The van der Waals surface area contributed by atoms with E-state index in [1.807, 2.05) is 4.90 Å². The maximum atomic E-state index is 14.7. The predicted molar refractivity (Wildman–Crippen MR) is 95.3 cm³/mol. The Labute approximate surface area is 159 Å². The third-order valence-electron chi connectivity index (χ3n) is 4.11. The fourth-order valence-electron chi connectivity index (χ4n) is 2.85. The summed E-state index contributed by atoms with van der Waals surface area (Å²) in [6.45, 7) is 3.53. The molecular formula is C16H18Cl2FN3O4. The number of rotatable bonds is 4. The van der Waals surface area contributed by atoms with Crippen molar-refractivity contribution in [3.8, 4) is 0 Å². The number of benzene rings is 1. The summed E-state index contributed by atoms with van der Waals surface area (Å²) in [5, 5.41) is 2.45. The highest BCUT2D eigenvalue weighted by Gasteiger charge is 2.41. The molecule has 1 unspecified atom stereocenters. The Hall–Kier alpha value is -1.77. The van der Waals surface area contributed by atoms with Gasteiger partial charge in [-0.25, -0.2) is 9.18 Å². The van der Waals surface area contributed by atoms with E-state index in [-0.39, 0.29) is 12.2 Å². The minimum atomic E-state index is -1.77. The van der Waals surface area contributed by atoms with Crippen LogP contribution in [0.1, 0.15) is 6.92 Å². The van der Waals surface area contributed by atoms with Crippen LogP contribution < -0.4 is 15.1 Å². The number of amides is 2. The highest BCUT2D eigenvalue weighted by molar-refractivity contribution is 6.58. The Kier molecular flexibility index (Phi) is 5.45. The first kappa shape index (κ1) is 19.0. The first-order valence-electron chi connectivity index (χ1n) is 8.05. The molecule has 3 rings (SSSR count). The number of hydrogen-bond donors (Lipinski definition) is 1. The first-order chi connectivity index (χ1) is 12.3. The van der Waals surface area contributed by atoms with E-state index in [1.165, 1.54) is 13.0 Å². The van der Waals surface area contributed by atoms with Crippen LogP contribution in [-0.2, 0) is 14.3 Å². The van der Waals surface area contributed by atoms with E-state index in [4.69, 9.17) is 32.7 Å². The summed E-state index contributed by atoms with van der Waals surface area (Å²) < 4.78 is 23.3. The Morgan fingerprint density at radius 1 is 1.38 bits per heavy atom. The van der Waals surface area contributed by atoms with E-state index >= 15 is 0 Å². The second-order valence-corrected chi connectivity index (χ2v) is 7.74. The lowest BCUT2D eigenvalue weighted by Gasteiger charge is -2.32. The second-order valence-electron chi connectivity index (χ2n) is 6.04. The number of cyclic esters (lactones) is 1. The lowest BCUT2D eigenvalue weighted by molar-refractivity contribution is -0.120. The van der Waals surface area contributed by atoms with Gasteiger partial charge in [-0.05, 0) is 25.1 Å². The van der Waals surface area contributed by atoms with Crippen molar-refractivity contribution in [2.75, 3.05) is 42.6 Å². The number of carbonyl (C=O) groups is 2. The smallest absolute Gasteiger partial charge is 0.409 e. The number of nitrogens with zero attached hydrogens (tertiary/aromatic N) is 2. The lowest BCUT2D eigenvalue weighted by atomic mass is 10.2. The van der Waals surface area contributed by atoms with Crippen LogP contribution in [-0.4, -0.2) is 55.4 Å². The number of hydrogen-bond acceptors (Lipinski definition) is 5. The second kappa shape index (κ2) is 7.46. The number of morpholine rings is 1. The normalized spacial score (nSPS) is 20.5. The standard InChI is InChI=1S/C16H18Cl2FN3O4/c1-16(17,18)14(23)22(13-9-20-15(24)26-13)10-2-3-12(11(19)8-10)21-4-6-25-7-5-21/h2-3,8,13H,4-7,9H2,1H3,(H,20,24). The number of anilines is 2. The molecule has 0 aromatic heterocycles. The molecule has 0 saturated carbocycles. The number of nitrogens with one attached hydrogen (secondary N) is 1. The van der Waals surface area contributed by atoms with Crippen LogP contribution in [0.5, 0.6) is 0 Å². The average molecular weight is 406 g/mol. The topological polar surface area (TPSA) is 71.1 Å². The fraction of sp³-hybridized carbons (Fsp3) is 0.500. The molecule has 142 valence electrons. The Morgan fingerprint density at radius 3 is 2.62 bits per heavy atom. The molecule has 2 fully saturated rings. The monoisotopic (exact) mass is 405 g/mol. The highest BCUT2D eigenvalue weighted by atomic mass is 35.5. The van der Waals surface area contributed by atoms with Crippen molar-refractivity contribution in [2.24, 2.45) is 0 Å². The van der Waals surface area contributed by atoms with Gasteiger partial charge in [0.25, 0.3) is 5.91 Å².